The fraction of sp³-hybridized carbons (Fsp3) is 0.192. The molecule has 5 rings (SSSR count). The largest absolute Gasteiger partial charge is 0.248 e. The average Bonchev–Trinajstić information content (AvgIpc) is 3.04. The molecule has 0 saturated carbocycles. The predicted molar refractivity (Wildman–Crippen MR) is 115 cm³/mol. The van der Waals surface area contributed by atoms with Crippen molar-refractivity contribution in [3.63, 3.8) is 0 Å². The molecule has 132 valence electrons. The molecule has 0 N–H and O–H groups in total. The molecule has 1 aliphatic rings. The second-order valence-corrected chi connectivity index (χ2v) is 7.46. The van der Waals surface area contributed by atoms with E-state index in [1.54, 1.807) is 0 Å². The van der Waals surface area contributed by atoms with Crippen molar-refractivity contribution in [2.75, 3.05) is 0 Å². The molecule has 0 unspecified atom stereocenters. The minimum absolute atomic E-state index is 1.07. The van der Waals surface area contributed by atoms with Gasteiger partial charge >= 0.3 is 0 Å². The maximum atomic E-state index is 5.03. The average molecular weight is 349 g/mol. The van der Waals surface area contributed by atoms with Crippen LogP contribution in [0.1, 0.15) is 31.7 Å². The molecule has 0 fully saturated rings. The van der Waals surface area contributed by atoms with Crippen LogP contribution in [0.15, 0.2) is 72.8 Å². The highest BCUT2D eigenvalue weighted by Gasteiger charge is 2.22. The molecule has 4 aromatic rings. The number of aryl methyl sites for hydroxylation is 1. The van der Waals surface area contributed by atoms with Gasteiger partial charge < -0.3 is 0 Å². The zero-order valence-electron chi connectivity index (χ0n) is 15.7. The Bertz CT molecular complexity index is 1140. The second kappa shape index (κ2) is 6.66. The molecule has 1 heteroatoms. The van der Waals surface area contributed by atoms with Gasteiger partial charge in [0.05, 0.1) is 11.2 Å². The molecule has 27 heavy (non-hydrogen) atoms. The number of hydrogen-bond acceptors (Lipinski definition) is 1. The Balaban J connectivity index is 1.64. The van der Waals surface area contributed by atoms with E-state index in [0.717, 1.165) is 17.6 Å². The molecule has 1 aromatic heterocycles. The Morgan fingerprint density at radius 3 is 2.33 bits per heavy atom. The van der Waals surface area contributed by atoms with E-state index >= 15 is 0 Å². The summed E-state index contributed by atoms with van der Waals surface area (Å²) in [7, 11) is 0. The maximum absolute atomic E-state index is 5.03. The molecule has 0 aliphatic heterocycles. The molecule has 1 heterocycles. The zero-order chi connectivity index (χ0) is 18.2. The molecule has 0 amide bonds. The lowest BCUT2D eigenvalue weighted by Gasteiger charge is -2.09. The number of rotatable bonds is 5. The van der Waals surface area contributed by atoms with Gasteiger partial charge in [0.25, 0.3) is 0 Å². The van der Waals surface area contributed by atoms with E-state index in [4.69, 9.17) is 4.98 Å². The number of pyridine rings is 1. The topological polar surface area (TPSA) is 12.9 Å². The van der Waals surface area contributed by atoms with Gasteiger partial charge in [0.1, 0.15) is 0 Å². The molecule has 0 spiro atoms. The van der Waals surface area contributed by atoms with E-state index in [0.29, 0.717) is 0 Å². The van der Waals surface area contributed by atoms with Crippen LogP contribution in [-0.2, 0) is 6.42 Å². The Kier molecular flexibility index (Phi) is 4.01. The van der Waals surface area contributed by atoms with Crippen LogP contribution in [0.4, 0.5) is 0 Å². The third-order valence-electron chi connectivity index (χ3n) is 5.63. The van der Waals surface area contributed by atoms with Gasteiger partial charge in [-0.3, -0.25) is 0 Å². The van der Waals surface area contributed by atoms with Gasteiger partial charge in [-0.25, -0.2) is 4.98 Å². The summed E-state index contributed by atoms with van der Waals surface area (Å²) >= 11 is 0. The van der Waals surface area contributed by atoms with E-state index in [2.05, 4.69) is 79.7 Å². The molecular formula is C26H23N. The third-order valence-corrected chi connectivity index (χ3v) is 5.63. The van der Waals surface area contributed by atoms with Crippen LogP contribution in [-0.4, -0.2) is 4.98 Å². The molecule has 0 radical (unpaired) electrons. The van der Waals surface area contributed by atoms with Gasteiger partial charge in [-0.05, 0) is 58.9 Å². The first-order valence-corrected chi connectivity index (χ1v) is 9.98. The minimum Gasteiger partial charge on any atom is -0.248 e. The first-order chi connectivity index (χ1) is 13.3. The van der Waals surface area contributed by atoms with E-state index in [1.165, 1.54) is 58.0 Å². The third kappa shape index (κ3) is 2.75. The summed E-state index contributed by atoms with van der Waals surface area (Å²) in [4.78, 5) is 5.03. The summed E-state index contributed by atoms with van der Waals surface area (Å²) in [5, 5.41) is 1.29. The molecule has 3 aromatic carbocycles. The smallest absolute Gasteiger partial charge is 0.0722 e. The summed E-state index contributed by atoms with van der Waals surface area (Å²) in [5.41, 5.74) is 10.1. The van der Waals surface area contributed by atoms with Crippen molar-refractivity contribution in [2.45, 2.75) is 32.6 Å². The predicted octanol–water partition coefficient (Wildman–Crippen LogP) is 7.28. The summed E-state index contributed by atoms with van der Waals surface area (Å²) in [5.74, 6) is 0. The first-order valence-electron chi connectivity index (χ1n) is 9.98. The molecular weight excluding hydrogens is 326 g/mol. The lowest BCUT2D eigenvalue weighted by Crippen LogP contribution is -1.90. The Hall–Kier alpha value is -2.93. The zero-order valence-corrected chi connectivity index (χ0v) is 15.7. The molecule has 1 nitrogen and oxygen atoms in total. The number of nitrogens with zero attached hydrogens (tertiary/aromatic N) is 1. The van der Waals surface area contributed by atoms with Gasteiger partial charge in [-0.15, -0.1) is 0 Å². The molecule has 0 bridgehead atoms. The van der Waals surface area contributed by atoms with Crippen molar-refractivity contribution in [1.82, 2.24) is 4.98 Å². The van der Waals surface area contributed by atoms with Crippen molar-refractivity contribution in [3.8, 4) is 33.5 Å². The lowest BCUT2D eigenvalue weighted by molar-refractivity contribution is 0.717. The van der Waals surface area contributed by atoms with Crippen LogP contribution >= 0.6 is 0 Å². The van der Waals surface area contributed by atoms with Crippen molar-refractivity contribution in [3.05, 3.63) is 78.4 Å². The highest BCUT2D eigenvalue weighted by Crippen LogP contribution is 2.47. The van der Waals surface area contributed by atoms with Crippen molar-refractivity contribution >= 4 is 10.9 Å². The van der Waals surface area contributed by atoms with Gasteiger partial charge in [0.15, 0.2) is 0 Å². The molecule has 0 saturated heterocycles. The monoisotopic (exact) mass is 349 g/mol. The second-order valence-electron chi connectivity index (χ2n) is 7.46. The van der Waals surface area contributed by atoms with E-state index in [9.17, 15) is 0 Å². The Labute approximate surface area is 160 Å². The van der Waals surface area contributed by atoms with Gasteiger partial charge in [0, 0.05) is 10.9 Å². The highest BCUT2D eigenvalue weighted by atomic mass is 14.7. The van der Waals surface area contributed by atoms with E-state index < -0.39 is 0 Å². The summed E-state index contributed by atoms with van der Waals surface area (Å²) in [6, 6.07) is 26.4. The standard InChI is InChI=1S/C26H23N/c1-2-3-4-9-18-10-7-11-19(16-18)25-17-23-21-13-6-5-12-20(21)22-14-8-15-24(27-25)26(22)23/h5-8,10-17H,2-4,9H2,1H3. The fourth-order valence-corrected chi connectivity index (χ4v) is 4.29. The van der Waals surface area contributed by atoms with Crippen LogP contribution in [0.2, 0.25) is 0 Å². The SMILES string of the molecule is CCCCCc1cccc(-c2cc3c4c(cccc4n2)-c2ccccc2-3)c1. The van der Waals surface area contributed by atoms with Gasteiger partial charge in [-0.2, -0.15) is 0 Å². The number of fused-ring (bicyclic) bond motifs is 3. The van der Waals surface area contributed by atoms with Crippen molar-refractivity contribution < 1.29 is 0 Å². The van der Waals surface area contributed by atoms with Crippen LogP contribution in [0.3, 0.4) is 0 Å². The number of unbranched alkanes of at least 4 members (excludes halogenated alkanes) is 2. The molecule has 0 atom stereocenters. The first kappa shape index (κ1) is 16.3. The quantitative estimate of drug-likeness (QED) is 0.304. The van der Waals surface area contributed by atoms with E-state index in [-0.39, 0.29) is 0 Å². The number of hydrogen-bond donors (Lipinski definition) is 0. The van der Waals surface area contributed by atoms with Crippen LogP contribution in [0, 0.1) is 0 Å². The summed E-state index contributed by atoms with van der Waals surface area (Å²) in [6.45, 7) is 2.25. The van der Waals surface area contributed by atoms with Crippen LogP contribution in [0.5, 0.6) is 0 Å². The van der Waals surface area contributed by atoms with E-state index in [1.807, 2.05) is 0 Å². The van der Waals surface area contributed by atoms with Crippen LogP contribution < -0.4 is 0 Å². The maximum Gasteiger partial charge on any atom is 0.0722 e. The number of aromatic nitrogens is 1. The fourth-order valence-electron chi connectivity index (χ4n) is 4.29. The number of benzene rings is 3. The molecule has 1 aliphatic carbocycles. The minimum atomic E-state index is 1.07. The van der Waals surface area contributed by atoms with Gasteiger partial charge in [0.2, 0.25) is 0 Å². The van der Waals surface area contributed by atoms with Crippen LogP contribution in [0.25, 0.3) is 44.4 Å². The lowest BCUT2D eigenvalue weighted by atomic mass is 10.00. The summed E-state index contributed by atoms with van der Waals surface area (Å²) < 4.78 is 0. The normalized spacial score (nSPS) is 11.7. The Morgan fingerprint density at radius 2 is 1.48 bits per heavy atom. The summed E-state index contributed by atoms with van der Waals surface area (Å²) in [6.07, 6.45) is 4.96. The Morgan fingerprint density at radius 1 is 0.704 bits per heavy atom. The van der Waals surface area contributed by atoms with Gasteiger partial charge in [-0.1, -0.05) is 74.4 Å². The highest BCUT2D eigenvalue weighted by molar-refractivity contribution is 6.14. The van der Waals surface area contributed by atoms with Crippen molar-refractivity contribution in [1.29, 1.82) is 0 Å². The van der Waals surface area contributed by atoms with Crippen molar-refractivity contribution in [2.24, 2.45) is 0 Å².